The van der Waals surface area contributed by atoms with E-state index in [1.165, 1.54) is 180 Å². The minimum Gasteiger partial charge on any atom is -0.462 e. The van der Waals surface area contributed by atoms with E-state index in [2.05, 4.69) is 26.0 Å². The summed E-state index contributed by atoms with van der Waals surface area (Å²) in [6, 6.07) is 0. The van der Waals surface area contributed by atoms with Crippen LogP contribution in [0, 0.1) is 0 Å². The number of phosphoric acid groups is 1. The largest absolute Gasteiger partial charge is 0.472 e. The summed E-state index contributed by atoms with van der Waals surface area (Å²) in [6.45, 7) is 3.78. The second kappa shape index (κ2) is 46.3. The zero-order chi connectivity index (χ0) is 43.2. The van der Waals surface area contributed by atoms with Crippen LogP contribution in [0.4, 0.5) is 0 Å². The maximum absolute atomic E-state index is 12.6. The lowest BCUT2D eigenvalue weighted by Crippen LogP contribution is -2.29. The van der Waals surface area contributed by atoms with Crippen molar-refractivity contribution in [3.05, 3.63) is 12.2 Å². The van der Waals surface area contributed by atoms with E-state index >= 15 is 0 Å². The minimum atomic E-state index is -4.38. The molecule has 0 saturated carbocycles. The molecule has 0 aromatic rings. The van der Waals surface area contributed by atoms with E-state index < -0.39 is 26.5 Å². The summed E-state index contributed by atoms with van der Waals surface area (Å²) in [6.07, 6.45) is 49.6. The number of unbranched alkanes of at least 4 members (excludes halogenated alkanes) is 33. The Morgan fingerprint density at radius 3 is 1.20 bits per heavy atom. The van der Waals surface area contributed by atoms with Crippen LogP contribution in [0.2, 0.25) is 0 Å². The van der Waals surface area contributed by atoms with Crippen LogP contribution in [0.5, 0.6) is 0 Å². The molecule has 0 spiro atoms. The number of ether oxygens (including phenoxy) is 2. The van der Waals surface area contributed by atoms with Crippen LogP contribution in [0.15, 0.2) is 12.2 Å². The third-order valence-electron chi connectivity index (χ3n) is 11.2. The molecule has 0 aliphatic rings. The second-order valence-electron chi connectivity index (χ2n) is 17.0. The summed E-state index contributed by atoms with van der Waals surface area (Å²) in [5.74, 6) is -0.818. The summed E-state index contributed by atoms with van der Waals surface area (Å²) in [5.41, 5.74) is 5.36. The molecule has 59 heavy (non-hydrogen) atoms. The molecule has 1 unspecified atom stereocenters. The number of hydrogen-bond acceptors (Lipinski definition) is 8. The van der Waals surface area contributed by atoms with Gasteiger partial charge in [-0.05, 0) is 38.5 Å². The Bertz CT molecular complexity index is 980. The molecule has 0 bridgehead atoms. The van der Waals surface area contributed by atoms with Crippen molar-refractivity contribution < 1.29 is 37.6 Å². The van der Waals surface area contributed by atoms with Gasteiger partial charge in [-0.15, -0.1) is 0 Å². The Morgan fingerprint density at radius 1 is 0.492 bits per heavy atom. The highest BCUT2D eigenvalue weighted by Crippen LogP contribution is 2.43. The van der Waals surface area contributed by atoms with E-state index in [1.807, 2.05) is 0 Å². The van der Waals surface area contributed by atoms with Gasteiger partial charge in [0.15, 0.2) is 6.10 Å². The van der Waals surface area contributed by atoms with Gasteiger partial charge in [0, 0.05) is 19.4 Å². The van der Waals surface area contributed by atoms with Crippen molar-refractivity contribution in [2.24, 2.45) is 5.73 Å². The molecule has 0 heterocycles. The molecule has 0 saturated heterocycles. The minimum absolute atomic E-state index is 0.0557. The van der Waals surface area contributed by atoms with Crippen molar-refractivity contribution in [1.29, 1.82) is 0 Å². The molecule has 0 rings (SSSR count). The van der Waals surface area contributed by atoms with Gasteiger partial charge in [0.1, 0.15) is 6.61 Å². The molecule has 0 aliphatic carbocycles. The average Bonchev–Trinajstić information content (AvgIpc) is 3.22. The predicted octanol–water partition coefficient (Wildman–Crippen LogP) is 15.0. The molecule has 0 fully saturated rings. The first-order chi connectivity index (χ1) is 28.8. The van der Waals surface area contributed by atoms with Crippen molar-refractivity contribution in [1.82, 2.24) is 0 Å². The first-order valence-corrected chi connectivity index (χ1v) is 26.7. The lowest BCUT2D eigenvalue weighted by Gasteiger charge is -2.19. The first kappa shape index (κ1) is 57.8. The second-order valence-corrected chi connectivity index (χ2v) is 18.5. The van der Waals surface area contributed by atoms with E-state index in [9.17, 15) is 19.0 Å². The fourth-order valence-corrected chi connectivity index (χ4v) is 8.16. The SMILES string of the molecule is CCCCCCCC/C=C/CCCCCCCCCC(=O)O[C@H](COC(=O)CCCCCCCCCCCCCCCCCCCCCCC)COP(=O)(O)OCCN. The highest BCUT2D eigenvalue weighted by atomic mass is 31.2. The summed E-state index contributed by atoms with van der Waals surface area (Å²) in [4.78, 5) is 35.0. The fourth-order valence-electron chi connectivity index (χ4n) is 7.40. The van der Waals surface area contributed by atoms with Crippen molar-refractivity contribution >= 4 is 19.8 Å². The molecular weight excluding hydrogens is 762 g/mol. The van der Waals surface area contributed by atoms with Crippen LogP contribution in [0.25, 0.3) is 0 Å². The van der Waals surface area contributed by atoms with E-state index in [-0.39, 0.29) is 38.6 Å². The fraction of sp³-hybridized carbons (Fsp3) is 0.918. The Morgan fingerprint density at radius 2 is 0.831 bits per heavy atom. The summed E-state index contributed by atoms with van der Waals surface area (Å²) < 4.78 is 32.9. The maximum Gasteiger partial charge on any atom is 0.472 e. The van der Waals surface area contributed by atoms with Gasteiger partial charge >= 0.3 is 19.8 Å². The summed E-state index contributed by atoms with van der Waals surface area (Å²) in [5, 5.41) is 0. The topological polar surface area (TPSA) is 134 Å². The number of phosphoric ester groups is 1. The maximum atomic E-state index is 12.6. The zero-order valence-corrected chi connectivity index (χ0v) is 39.7. The molecule has 0 aliphatic heterocycles. The molecular formula is C49H96NO8P. The summed E-state index contributed by atoms with van der Waals surface area (Å²) >= 11 is 0. The normalized spacial score (nSPS) is 13.2. The lowest BCUT2D eigenvalue weighted by molar-refractivity contribution is -0.161. The molecule has 0 radical (unpaired) electrons. The lowest BCUT2D eigenvalue weighted by atomic mass is 10.0. The number of carbonyl (C=O) groups excluding carboxylic acids is 2. The number of hydrogen-bond donors (Lipinski definition) is 2. The number of allylic oxidation sites excluding steroid dienone is 2. The van der Waals surface area contributed by atoms with Gasteiger partial charge in [-0.1, -0.05) is 219 Å². The van der Waals surface area contributed by atoms with Gasteiger partial charge in [0.25, 0.3) is 0 Å². The van der Waals surface area contributed by atoms with Crippen molar-refractivity contribution in [2.45, 2.75) is 264 Å². The quantitative estimate of drug-likeness (QED) is 0.0265. The van der Waals surface area contributed by atoms with Gasteiger partial charge in [0.05, 0.1) is 13.2 Å². The molecule has 0 amide bonds. The van der Waals surface area contributed by atoms with Crippen molar-refractivity contribution in [2.75, 3.05) is 26.4 Å². The number of rotatable bonds is 48. The average molecular weight is 858 g/mol. The first-order valence-electron chi connectivity index (χ1n) is 25.2. The zero-order valence-electron chi connectivity index (χ0n) is 38.8. The van der Waals surface area contributed by atoms with Gasteiger partial charge in [0.2, 0.25) is 0 Å². The molecule has 0 aromatic heterocycles. The van der Waals surface area contributed by atoms with Crippen LogP contribution in [-0.2, 0) is 32.7 Å². The smallest absolute Gasteiger partial charge is 0.462 e. The van der Waals surface area contributed by atoms with E-state index in [0.29, 0.717) is 6.42 Å². The van der Waals surface area contributed by atoms with Crippen molar-refractivity contribution in [3.8, 4) is 0 Å². The molecule has 0 aromatic carbocycles. The molecule has 2 atom stereocenters. The van der Waals surface area contributed by atoms with Crippen LogP contribution in [-0.4, -0.2) is 49.3 Å². The van der Waals surface area contributed by atoms with E-state index in [1.54, 1.807) is 0 Å². The van der Waals surface area contributed by atoms with Crippen LogP contribution < -0.4 is 5.73 Å². The molecule has 9 nitrogen and oxygen atoms in total. The number of esters is 2. The van der Waals surface area contributed by atoms with E-state index in [0.717, 1.165) is 44.9 Å². The highest BCUT2D eigenvalue weighted by Gasteiger charge is 2.26. The predicted molar refractivity (Wildman–Crippen MR) is 248 cm³/mol. The third kappa shape index (κ3) is 46.1. The van der Waals surface area contributed by atoms with Gasteiger partial charge in [-0.2, -0.15) is 0 Å². The molecule has 3 N–H and O–H groups in total. The third-order valence-corrected chi connectivity index (χ3v) is 12.1. The van der Waals surface area contributed by atoms with Gasteiger partial charge < -0.3 is 20.1 Å². The van der Waals surface area contributed by atoms with Crippen LogP contribution in [0.3, 0.4) is 0 Å². The monoisotopic (exact) mass is 858 g/mol. The number of nitrogens with two attached hydrogens (primary N) is 1. The van der Waals surface area contributed by atoms with Crippen LogP contribution >= 0.6 is 7.82 Å². The molecule has 10 heteroatoms. The Labute approximate surface area is 364 Å². The highest BCUT2D eigenvalue weighted by molar-refractivity contribution is 7.47. The van der Waals surface area contributed by atoms with Crippen molar-refractivity contribution in [3.63, 3.8) is 0 Å². The van der Waals surface area contributed by atoms with Gasteiger partial charge in [-0.3, -0.25) is 18.6 Å². The Balaban J connectivity index is 4.01. The van der Waals surface area contributed by atoms with Crippen LogP contribution in [0.1, 0.15) is 258 Å². The molecule has 350 valence electrons. The van der Waals surface area contributed by atoms with Gasteiger partial charge in [-0.25, -0.2) is 4.57 Å². The summed E-state index contributed by atoms with van der Waals surface area (Å²) in [7, 11) is -4.38. The number of carbonyl (C=O) groups is 2. The Hall–Kier alpha value is -1.25. The Kier molecular flexibility index (Phi) is 45.3. The standard InChI is InChI=1S/C49H96NO8P/c1-3-5-7-9-11-13-15-17-19-21-22-23-24-26-27-29-31-33-35-37-39-41-48(51)55-45-47(46-57-59(53,54)56-44-43-50)58-49(52)42-40-38-36-34-32-30-28-25-20-18-16-14-12-10-8-6-4-2/h18,20,47H,3-17,19,21-46,50H2,1-2H3,(H,53,54)/b20-18+/t47-/m1/s1. The van der Waals surface area contributed by atoms with E-state index in [4.69, 9.17) is 24.3 Å².